The van der Waals surface area contributed by atoms with Crippen molar-refractivity contribution in [1.82, 2.24) is 10.2 Å². The van der Waals surface area contributed by atoms with Crippen LogP contribution in [-0.4, -0.2) is 42.9 Å². The Bertz CT molecular complexity index is 571. The van der Waals surface area contributed by atoms with Crippen molar-refractivity contribution in [3.8, 4) is 0 Å². The Labute approximate surface area is 138 Å². The van der Waals surface area contributed by atoms with E-state index in [-0.39, 0.29) is 11.8 Å². The van der Waals surface area contributed by atoms with Gasteiger partial charge in [-0.1, -0.05) is 6.07 Å². The first-order chi connectivity index (χ1) is 10.9. The van der Waals surface area contributed by atoms with E-state index in [0.29, 0.717) is 19.0 Å². The molecule has 2 rings (SSSR count). The van der Waals surface area contributed by atoms with Gasteiger partial charge in [-0.05, 0) is 62.4 Å². The van der Waals surface area contributed by atoms with Crippen LogP contribution in [0.2, 0.25) is 0 Å². The monoisotopic (exact) mass is 317 g/mol. The highest BCUT2D eigenvalue weighted by molar-refractivity contribution is 5.92. The SMILES string of the molecule is CC(=O)NCC1CCCN(CC(=O)Nc2ccc(C)c(C)c2)C1. The van der Waals surface area contributed by atoms with Crippen molar-refractivity contribution < 1.29 is 9.59 Å². The molecule has 2 amide bonds. The van der Waals surface area contributed by atoms with E-state index >= 15 is 0 Å². The smallest absolute Gasteiger partial charge is 0.238 e. The number of carbonyl (C=O) groups is 2. The maximum absolute atomic E-state index is 12.2. The summed E-state index contributed by atoms with van der Waals surface area (Å²) in [5.74, 6) is 0.463. The van der Waals surface area contributed by atoms with E-state index in [1.165, 1.54) is 18.1 Å². The van der Waals surface area contributed by atoms with Crippen molar-refractivity contribution in [3.63, 3.8) is 0 Å². The Morgan fingerprint density at radius 3 is 2.74 bits per heavy atom. The van der Waals surface area contributed by atoms with Crippen LogP contribution in [0.25, 0.3) is 0 Å². The lowest BCUT2D eigenvalue weighted by Crippen LogP contribution is -2.43. The van der Waals surface area contributed by atoms with Crippen LogP contribution in [0.4, 0.5) is 5.69 Å². The molecule has 2 N–H and O–H groups in total. The highest BCUT2D eigenvalue weighted by atomic mass is 16.2. The van der Waals surface area contributed by atoms with Crippen LogP contribution in [0.3, 0.4) is 0 Å². The zero-order valence-electron chi connectivity index (χ0n) is 14.3. The molecule has 5 nitrogen and oxygen atoms in total. The average molecular weight is 317 g/mol. The minimum absolute atomic E-state index is 0.00890. The molecule has 1 unspecified atom stereocenters. The van der Waals surface area contributed by atoms with Crippen LogP contribution >= 0.6 is 0 Å². The second-order valence-corrected chi connectivity index (χ2v) is 6.53. The number of aryl methyl sites for hydroxylation is 2. The molecule has 1 heterocycles. The fourth-order valence-electron chi connectivity index (χ4n) is 2.97. The fourth-order valence-corrected chi connectivity index (χ4v) is 2.97. The van der Waals surface area contributed by atoms with Crippen LogP contribution in [0.1, 0.15) is 30.9 Å². The van der Waals surface area contributed by atoms with Crippen LogP contribution < -0.4 is 10.6 Å². The Morgan fingerprint density at radius 1 is 1.26 bits per heavy atom. The number of likely N-dealkylation sites (tertiary alicyclic amines) is 1. The zero-order chi connectivity index (χ0) is 16.8. The number of nitrogens with zero attached hydrogens (tertiary/aromatic N) is 1. The van der Waals surface area contributed by atoms with Crippen LogP contribution in [0, 0.1) is 19.8 Å². The molecule has 126 valence electrons. The number of hydrogen-bond donors (Lipinski definition) is 2. The molecule has 0 spiro atoms. The second-order valence-electron chi connectivity index (χ2n) is 6.53. The Hall–Kier alpha value is -1.88. The third kappa shape index (κ3) is 5.67. The van der Waals surface area contributed by atoms with Gasteiger partial charge in [-0.2, -0.15) is 0 Å². The molecule has 1 fully saturated rings. The van der Waals surface area contributed by atoms with Crippen molar-refractivity contribution >= 4 is 17.5 Å². The van der Waals surface area contributed by atoms with Gasteiger partial charge >= 0.3 is 0 Å². The summed E-state index contributed by atoms with van der Waals surface area (Å²) in [7, 11) is 0. The van der Waals surface area contributed by atoms with E-state index in [4.69, 9.17) is 0 Å². The fraction of sp³-hybridized carbons (Fsp3) is 0.556. The molecule has 0 saturated carbocycles. The van der Waals surface area contributed by atoms with Gasteiger partial charge in [0, 0.05) is 25.7 Å². The van der Waals surface area contributed by atoms with Gasteiger partial charge in [0.1, 0.15) is 0 Å². The van der Waals surface area contributed by atoms with Crippen LogP contribution in [-0.2, 0) is 9.59 Å². The summed E-state index contributed by atoms with van der Waals surface area (Å²) in [4.78, 5) is 25.4. The summed E-state index contributed by atoms with van der Waals surface area (Å²) in [5, 5.41) is 5.85. The lowest BCUT2D eigenvalue weighted by molar-refractivity contribution is -0.120. The van der Waals surface area contributed by atoms with E-state index in [1.807, 2.05) is 25.1 Å². The number of piperidine rings is 1. The highest BCUT2D eigenvalue weighted by Gasteiger charge is 2.21. The molecule has 1 aliphatic heterocycles. The number of rotatable bonds is 5. The van der Waals surface area contributed by atoms with Gasteiger partial charge in [-0.3, -0.25) is 14.5 Å². The summed E-state index contributed by atoms with van der Waals surface area (Å²) in [6.07, 6.45) is 2.18. The molecule has 5 heteroatoms. The predicted octanol–water partition coefficient (Wildman–Crippen LogP) is 2.09. The first-order valence-corrected chi connectivity index (χ1v) is 8.28. The van der Waals surface area contributed by atoms with Crippen molar-refractivity contribution in [1.29, 1.82) is 0 Å². The van der Waals surface area contributed by atoms with Crippen LogP contribution in [0.15, 0.2) is 18.2 Å². The summed E-state index contributed by atoms with van der Waals surface area (Å²) in [6, 6.07) is 5.97. The van der Waals surface area contributed by atoms with E-state index in [2.05, 4.69) is 22.5 Å². The van der Waals surface area contributed by atoms with E-state index in [9.17, 15) is 9.59 Å². The predicted molar refractivity (Wildman–Crippen MR) is 92.4 cm³/mol. The van der Waals surface area contributed by atoms with Crippen molar-refractivity contribution in [2.24, 2.45) is 5.92 Å². The maximum Gasteiger partial charge on any atom is 0.238 e. The molecule has 1 aliphatic rings. The molecule has 1 saturated heterocycles. The van der Waals surface area contributed by atoms with Gasteiger partial charge in [0.15, 0.2) is 0 Å². The molecular weight excluding hydrogens is 290 g/mol. The van der Waals surface area contributed by atoms with Crippen LogP contribution in [0.5, 0.6) is 0 Å². The summed E-state index contributed by atoms with van der Waals surface area (Å²) in [5.41, 5.74) is 3.25. The molecule has 0 radical (unpaired) electrons. The summed E-state index contributed by atoms with van der Waals surface area (Å²) < 4.78 is 0. The molecular formula is C18H27N3O2. The minimum atomic E-state index is 0.00890. The maximum atomic E-state index is 12.2. The Balaban J connectivity index is 1.82. The van der Waals surface area contributed by atoms with Gasteiger partial charge in [0.2, 0.25) is 11.8 Å². The first kappa shape index (κ1) is 17.5. The average Bonchev–Trinajstić information content (AvgIpc) is 2.49. The quantitative estimate of drug-likeness (QED) is 0.874. The number of amides is 2. The Morgan fingerprint density at radius 2 is 2.04 bits per heavy atom. The van der Waals surface area contributed by atoms with Gasteiger partial charge in [0.05, 0.1) is 6.54 Å². The molecule has 1 atom stereocenters. The summed E-state index contributed by atoms with van der Waals surface area (Å²) in [6.45, 7) is 8.55. The molecule has 0 bridgehead atoms. The highest BCUT2D eigenvalue weighted by Crippen LogP contribution is 2.17. The van der Waals surface area contributed by atoms with Crippen molar-refractivity contribution in [2.75, 3.05) is 31.5 Å². The number of anilines is 1. The van der Waals surface area contributed by atoms with E-state index in [0.717, 1.165) is 31.6 Å². The van der Waals surface area contributed by atoms with Gasteiger partial charge in [-0.15, -0.1) is 0 Å². The molecule has 0 aromatic heterocycles. The van der Waals surface area contributed by atoms with E-state index in [1.54, 1.807) is 0 Å². The number of nitrogens with one attached hydrogen (secondary N) is 2. The molecule has 23 heavy (non-hydrogen) atoms. The zero-order valence-corrected chi connectivity index (χ0v) is 14.3. The molecule has 1 aromatic rings. The topological polar surface area (TPSA) is 61.4 Å². The number of hydrogen-bond acceptors (Lipinski definition) is 3. The van der Waals surface area contributed by atoms with E-state index < -0.39 is 0 Å². The lowest BCUT2D eigenvalue weighted by atomic mass is 9.98. The standard InChI is InChI=1S/C18H27N3O2/c1-13-6-7-17(9-14(13)2)20-18(23)12-21-8-4-5-16(11-21)10-19-15(3)22/h6-7,9,16H,4-5,8,10-12H2,1-3H3,(H,19,22)(H,20,23). The van der Waals surface area contributed by atoms with Gasteiger partial charge in [0.25, 0.3) is 0 Å². The lowest BCUT2D eigenvalue weighted by Gasteiger charge is -2.32. The number of benzene rings is 1. The number of carbonyl (C=O) groups excluding carboxylic acids is 2. The van der Waals surface area contributed by atoms with Gasteiger partial charge in [-0.25, -0.2) is 0 Å². The third-order valence-electron chi connectivity index (χ3n) is 4.40. The Kier molecular flexibility index (Phi) is 6.16. The second kappa shape index (κ2) is 8.11. The molecule has 1 aromatic carbocycles. The normalized spacial score (nSPS) is 18.5. The largest absolute Gasteiger partial charge is 0.356 e. The molecule has 0 aliphatic carbocycles. The van der Waals surface area contributed by atoms with Gasteiger partial charge < -0.3 is 10.6 Å². The van der Waals surface area contributed by atoms with Crippen molar-refractivity contribution in [3.05, 3.63) is 29.3 Å². The minimum Gasteiger partial charge on any atom is -0.356 e. The first-order valence-electron chi connectivity index (χ1n) is 8.28. The van der Waals surface area contributed by atoms with Crippen molar-refractivity contribution in [2.45, 2.75) is 33.6 Å². The third-order valence-corrected chi connectivity index (χ3v) is 4.40. The summed E-state index contributed by atoms with van der Waals surface area (Å²) >= 11 is 0.